The summed E-state index contributed by atoms with van der Waals surface area (Å²) < 4.78 is 0. The van der Waals surface area contributed by atoms with E-state index in [1.54, 1.807) is 0 Å². The standard InChI is InChI=1S/C14H19NO/c1-3-14(16)13-9-12(10-15(13)2)11-7-5-4-6-8-11/h4-8,12-13H,3,9-10H2,1-2H3. The van der Waals surface area contributed by atoms with Gasteiger partial charge in [0.05, 0.1) is 6.04 Å². The molecule has 1 aliphatic rings. The van der Waals surface area contributed by atoms with Crippen LogP contribution < -0.4 is 0 Å². The second-order valence-electron chi connectivity index (χ2n) is 4.62. The SMILES string of the molecule is CCC(=O)C1CC(c2ccccc2)CN1C. The molecule has 16 heavy (non-hydrogen) atoms. The van der Waals surface area contributed by atoms with Gasteiger partial charge in [-0.1, -0.05) is 37.3 Å². The average Bonchev–Trinajstić information content (AvgIpc) is 2.71. The van der Waals surface area contributed by atoms with Crippen LogP contribution in [0.15, 0.2) is 30.3 Å². The summed E-state index contributed by atoms with van der Waals surface area (Å²) in [4.78, 5) is 14.0. The van der Waals surface area contributed by atoms with Crippen LogP contribution in [0.25, 0.3) is 0 Å². The molecule has 0 aromatic heterocycles. The van der Waals surface area contributed by atoms with Crippen LogP contribution in [0.5, 0.6) is 0 Å². The molecule has 1 aromatic rings. The first-order valence-corrected chi connectivity index (χ1v) is 6.00. The molecule has 1 heterocycles. The van der Waals surface area contributed by atoms with Crippen molar-refractivity contribution in [3.8, 4) is 0 Å². The third kappa shape index (κ3) is 2.17. The van der Waals surface area contributed by atoms with Gasteiger partial charge in [-0.2, -0.15) is 0 Å². The van der Waals surface area contributed by atoms with Gasteiger partial charge in [-0.25, -0.2) is 0 Å². The van der Waals surface area contributed by atoms with Gasteiger partial charge in [-0.15, -0.1) is 0 Å². The van der Waals surface area contributed by atoms with Crippen LogP contribution in [0.1, 0.15) is 31.2 Å². The zero-order valence-electron chi connectivity index (χ0n) is 10.0. The van der Waals surface area contributed by atoms with Crippen molar-refractivity contribution in [3.63, 3.8) is 0 Å². The van der Waals surface area contributed by atoms with Gasteiger partial charge in [0.25, 0.3) is 0 Å². The monoisotopic (exact) mass is 217 g/mol. The summed E-state index contributed by atoms with van der Waals surface area (Å²) in [5.74, 6) is 0.896. The quantitative estimate of drug-likeness (QED) is 0.775. The molecule has 86 valence electrons. The first-order chi connectivity index (χ1) is 7.72. The number of nitrogens with zero attached hydrogens (tertiary/aromatic N) is 1. The molecule has 2 rings (SSSR count). The number of Topliss-reactive ketones (excluding diaryl/α,β-unsaturated/α-hetero) is 1. The summed E-state index contributed by atoms with van der Waals surface area (Å²) in [6, 6.07) is 10.6. The molecular formula is C14H19NO. The van der Waals surface area contributed by atoms with Crippen LogP contribution >= 0.6 is 0 Å². The zero-order chi connectivity index (χ0) is 11.5. The molecule has 0 amide bonds. The molecule has 0 bridgehead atoms. The number of ketones is 1. The highest BCUT2D eigenvalue weighted by molar-refractivity contribution is 5.84. The van der Waals surface area contributed by atoms with E-state index in [9.17, 15) is 4.79 Å². The fraction of sp³-hybridized carbons (Fsp3) is 0.500. The average molecular weight is 217 g/mol. The maximum Gasteiger partial charge on any atom is 0.149 e. The zero-order valence-corrected chi connectivity index (χ0v) is 10.0. The number of likely N-dealkylation sites (tertiary alicyclic amines) is 1. The molecule has 0 aliphatic carbocycles. The lowest BCUT2D eigenvalue weighted by Gasteiger charge is -2.16. The number of carbonyl (C=O) groups is 1. The van der Waals surface area contributed by atoms with Crippen LogP contribution in [0.2, 0.25) is 0 Å². The van der Waals surface area contributed by atoms with Crippen LogP contribution in [0.4, 0.5) is 0 Å². The topological polar surface area (TPSA) is 20.3 Å². The molecule has 2 nitrogen and oxygen atoms in total. The molecule has 2 unspecified atom stereocenters. The van der Waals surface area contributed by atoms with E-state index in [2.05, 4.69) is 36.2 Å². The van der Waals surface area contributed by atoms with Gasteiger partial charge in [0.2, 0.25) is 0 Å². The Morgan fingerprint density at radius 2 is 2.06 bits per heavy atom. The molecule has 0 spiro atoms. The minimum absolute atomic E-state index is 0.134. The van der Waals surface area contributed by atoms with Crippen molar-refractivity contribution < 1.29 is 4.79 Å². The Hall–Kier alpha value is -1.15. The molecular weight excluding hydrogens is 198 g/mol. The van der Waals surface area contributed by atoms with Gasteiger partial charge >= 0.3 is 0 Å². The summed E-state index contributed by atoms with van der Waals surface area (Å²) >= 11 is 0. The number of likely N-dealkylation sites (N-methyl/N-ethyl adjacent to an activating group) is 1. The van der Waals surface area contributed by atoms with Crippen molar-refractivity contribution in [1.29, 1.82) is 0 Å². The highest BCUT2D eigenvalue weighted by atomic mass is 16.1. The molecule has 2 heteroatoms. The van der Waals surface area contributed by atoms with Crippen molar-refractivity contribution in [2.75, 3.05) is 13.6 Å². The first kappa shape index (κ1) is 11.3. The lowest BCUT2D eigenvalue weighted by molar-refractivity contribution is -0.122. The Morgan fingerprint density at radius 3 is 2.69 bits per heavy atom. The number of carbonyl (C=O) groups excluding carboxylic acids is 1. The van der Waals surface area contributed by atoms with Crippen molar-refractivity contribution in [3.05, 3.63) is 35.9 Å². The fourth-order valence-electron chi connectivity index (χ4n) is 2.58. The second kappa shape index (κ2) is 4.79. The van der Waals surface area contributed by atoms with Gasteiger partial charge < -0.3 is 0 Å². The normalized spacial score (nSPS) is 25.9. The number of hydrogen-bond donors (Lipinski definition) is 0. The van der Waals surface area contributed by atoms with Crippen molar-refractivity contribution in [2.24, 2.45) is 0 Å². The third-order valence-electron chi connectivity index (χ3n) is 3.54. The van der Waals surface area contributed by atoms with Crippen LogP contribution in [-0.4, -0.2) is 30.3 Å². The number of rotatable bonds is 3. The molecule has 1 saturated heterocycles. The van der Waals surface area contributed by atoms with E-state index in [1.807, 2.05) is 13.0 Å². The lowest BCUT2D eigenvalue weighted by atomic mass is 9.95. The predicted octanol–water partition coefficient (Wildman–Crippen LogP) is 2.45. The smallest absolute Gasteiger partial charge is 0.149 e. The Kier molecular flexibility index (Phi) is 3.39. The molecule has 0 radical (unpaired) electrons. The van der Waals surface area contributed by atoms with E-state index in [-0.39, 0.29) is 6.04 Å². The van der Waals surface area contributed by atoms with Crippen molar-refractivity contribution >= 4 is 5.78 Å². The summed E-state index contributed by atoms with van der Waals surface area (Å²) in [5.41, 5.74) is 1.36. The molecule has 2 atom stereocenters. The van der Waals surface area contributed by atoms with Gasteiger partial charge in [-0.05, 0) is 24.9 Å². The minimum atomic E-state index is 0.134. The highest BCUT2D eigenvalue weighted by Gasteiger charge is 2.33. The summed E-state index contributed by atoms with van der Waals surface area (Å²) in [6.45, 7) is 2.95. The second-order valence-corrected chi connectivity index (χ2v) is 4.62. The molecule has 0 N–H and O–H groups in total. The minimum Gasteiger partial charge on any atom is -0.298 e. The Balaban J connectivity index is 2.10. The molecule has 1 aliphatic heterocycles. The van der Waals surface area contributed by atoms with E-state index in [0.717, 1.165) is 13.0 Å². The molecule has 1 aromatic carbocycles. The van der Waals surface area contributed by atoms with Gasteiger partial charge in [0.1, 0.15) is 5.78 Å². The van der Waals surface area contributed by atoms with Gasteiger partial charge in [-0.3, -0.25) is 9.69 Å². The van der Waals surface area contributed by atoms with Crippen molar-refractivity contribution in [2.45, 2.75) is 31.7 Å². The van der Waals surface area contributed by atoms with E-state index in [4.69, 9.17) is 0 Å². The van der Waals surface area contributed by atoms with Crippen LogP contribution in [0, 0.1) is 0 Å². The number of hydrogen-bond acceptors (Lipinski definition) is 2. The van der Waals surface area contributed by atoms with E-state index >= 15 is 0 Å². The highest BCUT2D eigenvalue weighted by Crippen LogP contribution is 2.31. The summed E-state index contributed by atoms with van der Waals surface area (Å²) in [7, 11) is 2.06. The van der Waals surface area contributed by atoms with E-state index in [1.165, 1.54) is 5.56 Å². The third-order valence-corrected chi connectivity index (χ3v) is 3.54. The Labute approximate surface area is 97.3 Å². The molecule has 0 saturated carbocycles. The predicted molar refractivity (Wildman–Crippen MR) is 65.5 cm³/mol. The van der Waals surface area contributed by atoms with E-state index < -0.39 is 0 Å². The Bertz CT molecular complexity index is 360. The Morgan fingerprint density at radius 1 is 1.38 bits per heavy atom. The van der Waals surface area contributed by atoms with Crippen LogP contribution in [-0.2, 0) is 4.79 Å². The maximum absolute atomic E-state index is 11.8. The van der Waals surface area contributed by atoms with Gasteiger partial charge in [0.15, 0.2) is 0 Å². The van der Waals surface area contributed by atoms with E-state index in [0.29, 0.717) is 18.1 Å². The largest absolute Gasteiger partial charge is 0.298 e. The maximum atomic E-state index is 11.8. The van der Waals surface area contributed by atoms with Crippen LogP contribution in [0.3, 0.4) is 0 Å². The van der Waals surface area contributed by atoms with Crippen molar-refractivity contribution in [1.82, 2.24) is 4.90 Å². The fourth-order valence-corrected chi connectivity index (χ4v) is 2.58. The van der Waals surface area contributed by atoms with Gasteiger partial charge in [0, 0.05) is 13.0 Å². The summed E-state index contributed by atoms with van der Waals surface area (Å²) in [5, 5.41) is 0. The summed E-state index contributed by atoms with van der Waals surface area (Å²) in [6.07, 6.45) is 1.63. The molecule has 1 fully saturated rings. The lowest BCUT2D eigenvalue weighted by Crippen LogP contribution is -2.32. The number of benzene rings is 1. The first-order valence-electron chi connectivity index (χ1n) is 6.00.